The Morgan fingerprint density at radius 3 is 1.42 bits per heavy atom. The van der Waals surface area contributed by atoms with Gasteiger partial charge in [0.1, 0.15) is 36.6 Å². The van der Waals surface area contributed by atoms with Crippen LogP contribution in [0.1, 0.15) is 200 Å². The van der Waals surface area contributed by atoms with E-state index in [2.05, 4.69) is 43.5 Å². The molecular formula is C48H90NO12P. The molecule has 14 heteroatoms. The van der Waals surface area contributed by atoms with Gasteiger partial charge >= 0.3 is 7.82 Å². The first-order valence-electron chi connectivity index (χ1n) is 24.5. The summed E-state index contributed by atoms with van der Waals surface area (Å²) in [5, 5.41) is 74.5. The van der Waals surface area contributed by atoms with Gasteiger partial charge in [-0.3, -0.25) is 13.8 Å². The molecule has 0 heterocycles. The van der Waals surface area contributed by atoms with Crippen LogP contribution >= 0.6 is 7.82 Å². The number of hydrogen-bond donors (Lipinski definition) is 9. The van der Waals surface area contributed by atoms with Crippen molar-refractivity contribution in [3.8, 4) is 0 Å². The van der Waals surface area contributed by atoms with Crippen LogP contribution in [0.25, 0.3) is 0 Å². The number of phosphoric ester groups is 1. The number of aliphatic hydroxyl groups is 7. The van der Waals surface area contributed by atoms with Crippen LogP contribution in [0.2, 0.25) is 0 Å². The molecule has 0 saturated heterocycles. The van der Waals surface area contributed by atoms with Crippen molar-refractivity contribution in [3.63, 3.8) is 0 Å². The van der Waals surface area contributed by atoms with Crippen LogP contribution in [0.4, 0.5) is 0 Å². The molecule has 0 radical (unpaired) electrons. The molecule has 0 aromatic rings. The molecule has 13 nitrogen and oxygen atoms in total. The van der Waals surface area contributed by atoms with Crippen molar-refractivity contribution in [2.45, 2.75) is 255 Å². The quantitative estimate of drug-likeness (QED) is 0.0160. The van der Waals surface area contributed by atoms with Gasteiger partial charge in [0.05, 0.1) is 31.3 Å². The third kappa shape index (κ3) is 29.1. The van der Waals surface area contributed by atoms with Crippen molar-refractivity contribution in [3.05, 3.63) is 36.5 Å². The fourth-order valence-electron chi connectivity index (χ4n) is 7.68. The highest BCUT2D eigenvalue weighted by molar-refractivity contribution is 7.47. The predicted octanol–water partition coefficient (Wildman–Crippen LogP) is 8.53. The lowest BCUT2D eigenvalue weighted by atomic mass is 9.85. The van der Waals surface area contributed by atoms with E-state index in [-0.39, 0.29) is 6.42 Å². The molecule has 62 heavy (non-hydrogen) atoms. The topological polar surface area (TPSA) is 226 Å². The summed E-state index contributed by atoms with van der Waals surface area (Å²) in [6, 6.07) is -1.26. The summed E-state index contributed by atoms with van der Waals surface area (Å²) in [6.07, 6.45) is 29.5. The molecule has 0 spiro atoms. The van der Waals surface area contributed by atoms with E-state index in [1.165, 1.54) is 122 Å². The molecule has 0 bridgehead atoms. The Morgan fingerprint density at radius 1 is 0.565 bits per heavy atom. The van der Waals surface area contributed by atoms with Crippen molar-refractivity contribution in [2.24, 2.45) is 0 Å². The molecule has 9 N–H and O–H groups in total. The monoisotopic (exact) mass is 904 g/mol. The summed E-state index contributed by atoms with van der Waals surface area (Å²) < 4.78 is 22.9. The molecular weight excluding hydrogens is 813 g/mol. The zero-order chi connectivity index (χ0) is 45.9. The van der Waals surface area contributed by atoms with Crippen molar-refractivity contribution in [2.75, 3.05) is 6.61 Å². The van der Waals surface area contributed by atoms with Crippen molar-refractivity contribution < 1.29 is 59.0 Å². The molecule has 1 fully saturated rings. The minimum Gasteiger partial charge on any atom is -0.393 e. The van der Waals surface area contributed by atoms with Crippen LogP contribution in [-0.4, -0.2) is 108 Å². The van der Waals surface area contributed by atoms with Gasteiger partial charge in [-0.25, -0.2) is 4.57 Å². The molecule has 1 rings (SSSR count). The summed E-state index contributed by atoms with van der Waals surface area (Å²) in [5.74, 6) is -0.606. The maximum atomic E-state index is 13.0. The van der Waals surface area contributed by atoms with Crippen LogP contribution < -0.4 is 5.32 Å². The Balaban J connectivity index is 2.56. The van der Waals surface area contributed by atoms with Crippen molar-refractivity contribution >= 4 is 13.7 Å². The molecule has 1 amide bonds. The lowest BCUT2D eigenvalue weighted by Crippen LogP contribution is -2.64. The van der Waals surface area contributed by atoms with Gasteiger partial charge in [0.25, 0.3) is 0 Å². The lowest BCUT2D eigenvalue weighted by molar-refractivity contribution is -0.220. The third-order valence-electron chi connectivity index (χ3n) is 11.7. The number of rotatable bonds is 40. The van der Waals surface area contributed by atoms with E-state index in [1.807, 2.05) is 0 Å². The average molecular weight is 904 g/mol. The highest BCUT2D eigenvalue weighted by Crippen LogP contribution is 2.47. The van der Waals surface area contributed by atoms with Gasteiger partial charge in [-0.05, 0) is 44.9 Å². The molecule has 8 atom stereocenters. The normalized spacial score (nSPS) is 23.3. The van der Waals surface area contributed by atoms with E-state index in [9.17, 15) is 50.0 Å². The maximum absolute atomic E-state index is 13.0. The van der Waals surface area contributed by atoms with E-state index in [4.69, 9.17) is 9.05 Å². The Morgan fingerprint density at radius 2 is 0.952 bits per heavy atom. The molecule has 8 unspecified atom stereocenters. The van der Waals surface area contributed by atoms with Gasteiger partial charge in [-0.2, -0.15) is 0 Å². The number of unbranched alkanes of at least 4 members (excludes halogenated alkanes) is 23. The third-order valence-corrected chi connectivity index (χ3v) is 12.7. The highest BCUT2D eigenvalue weighted by Gasteiger charge is 2.51. The summed E-state index contributed by atoms with van der Waals surface area (Å²) in [6.45, 7) is 3.72. The smallest absolute Gasteiger partial charge is 0.393 e. The fourth-order valence-corrected chi connectivity index (χ4v) is 8.65. The Hall–Kier alpha value is -1.48. The second-order valence-electron chi connectivity index (χ2n) is 17.5. The molecule has 1 aliphatic rings. The summed E-state index contributed by atoms with van der Waals surface area (Å²) in [5.41, 5.74) is 0. The zero-order valence-corrected chi connectivity index (χ0v) is 39.4. The lowest BCUT2D eigenvalue weighted by Gasteiger charge is -2.41. The van der Waals surface area contributed by atoms with Gasteiger partial charge in [0.15, 0.2) is 0 Å². The summed E-state index contributed by atoms with van der Waals surface area (Å²) in [4.78, 5) is 23.4. The number of nitrogens with one attached hydrogen (secondary N) is 1. The number of allylic oxidation sites excluding steroid dienone is 5. The molecule has 0 aliphatic heterocycles. The minimum absolute atomic E-state index is 0.254. The first kappa shape index (κ1) is 58.5. The number of amides is 1. The van der Waals surface area contributed by atoms with E-state index in [0.29, 0.717) is 19.3 Å². The first-order chi connectivity index (χ1) is 29.8. The van der Waals surface area contributed by atoms with Crippen LogP contribution in [-0.2, 0) is 18.4 Å². The van der Waals surface area contributed by atoms with E-state index in [0.717, 1.165) is 44.9 Å². The first-order valence-corrected chi connectivity index (χ1v) is 26.0. The van der Waals surface area contributed by atoms with Crippen LogP contribution in [0.3, 0.4) is 0 Å². The zero-order valence-electron chi connectivity index (χ0n) is 38.5. The van der Waals surface area contributed by atoms with Gasteiger partial charge in [-0.1, -0.05) is 185 Å². The van der Waals surface area contributed by atoms with Gasteiger partial charge in [0, 0.05) is 0 Å². The number of phosphoric acid groups is 1. The average Bonchev–Trinajstić information content (AvgIpc) is 3.24. The van der Waals surface area contributed by atoms with Gasteiger partial charge < -0.3 is 46.0 Å². The Kier molecular flexibility index (Phi) is 35.6. The molecule has 1 aliphatic carbocycles. The molecule has 0 aromatic heterocycles. The number of hydrogen-bond acceptors (Lipinski definition) is 11. The summed E-state index contributed by atoms with van der Waals surface area (Å²) >= 11 is 0. The van der Waals surface area contributed by atoms with Gasteiger partial charge in [0.2, 0.25) is 5.91 Å². The number of carbonyl (C=O) groups is 1. The Bertz CT molecular complexity index is 1200. The minimum atomic E-state index is -5.15. The SMILES string of the molecule is CCCCCCCCCCCC/C=C/CC/C=C/CC/C=C/C(O)C(COP(=O)(O)OC1C(O)C(O)C(O)C(O)C1O)NC(=O)CC(O)CCCCCCCCCCCCCC. The largest absolute Gasteiger partial charge is 0.472 e. The van der Waals surface area contributed by atoms with Gasteiger partial charge in [-0.15, -0.1) is 0 Å². The Labute approximate surface area is 375 Å². The van der Waals surface area contributed by atoms with Crippen LogP contribution in [0, 0.1) is 0 Å². The fraction of sp³-hybridized carbons (Fsp3) is 0.854. The van der Waals surface area contributed by atoms with E-state index >= 15 is 0 Å². The second kappa shape index (κ2) is 37.7. The van der Waals surface area contributed by atoms with Crippen LogP contribution in [0.15, 0.2) is 36.5 Å². The number of carbonyl (C=O) groups excluding carboxylic acids is 1. The molecule has 364 valence electrons. The predicted molar refractivity (Wildman–Crippen MR) is 247 cm³/mol. The van der Waals surface area contributed by atoms with E-state index < -0.39 is 75.2 Å². The maximum Gasteiger partial charge on any atom is 0.472 e. The second-order valence-corrected chi connectivity index (χ2v) is 18.9. The molecule has 1 saturated carbocycles. The van der Waals surface area contributed by atoms with Crippen molar-refractivity contribution in [1.29, 1.82) is 0 Å². The number of aliphatic hydroxyl groups excluding tert-OH is 7. The van der Waals surface area contributed by atoms with E-state index in [1.54, 1.807) is 6.08 Å². The van der Waals surface area contributed by atoms with Crippen molar-refractivity contribution in [1.82, 2.24) is 5.32 Å². The standard InChI is InChI=1S/C48H90NO12P/c1-3-5-7-9-11-13-15-17-18-19-20-21-22-23-24-26-28-30-32-34-36-41(51)40(38-60-62(58,59)61-48-46(56)44(54)43(53)45(55)47(48)57)49-42(52)37-39(50)35-33-31-29-27-25-16-14-12-10-8-6-4-2/h21-22,26,28,34,36,39-41,43-48,50-51,53-57H,3-20,23-25,27,29-33,35,37-38H2,1-2H3,(H,49,52)(H,58,59)/b22-21+,28-26+,36-34+. The highest BCUT2D eigenvalue weighted by atomic mass is 31.2. The summed E-state index contributed by atoms with van der Waals surface area (Å²) in [7, 11) is -5.15. The molecule has 0 aromatic carbocycles. The van der Waals surface area contributed by atoms with Crippen LogP contribution in [0.5, 0.6) is 0 Å².